The monoisotopic (exact) mass is 195 g/mol. The van der Waals surface area contributed by atoms with Gasteiger partial charge in [0.1, 0.15) is 0 Å². The van der Waals surface area contributed by atoms with Crippen LogP contribution in [0.15, 0.2) is 0 Å². The van der Waals surface area contributed by atoms with Gasteiger partial charge in [-0.3, -0.25) is 0 Å². The summed E-state index contributed by atoms with van der Waals surface area (Å²) in [6, 6.07) is 0.761. The van der Waals surface area contributed by atoms with Crippen molar-refractivity contribution in [1.29, 1.82) is 0 Å². The molecule has 1 heterocycles. The van der Waals surface area contributed by atoms with Gasteiger partial charge in [-0.2, -0.15) is 0 Å². The third kappa shape index (κ3) is 1.60. The van der Waals surface area contributed by atoms with Crippen LogP contribution < -0.4 is 0 Å². The van der Waals surface area contributed by atoms with Crippen molar-refractivity contribution in [1.82, 2.24) is 4.90 Å². The van der Waals surface area contributed by atoms with Crippen LogP contribution in [0.2, 0.25) is 0 Å². The van der Waals surface area contributed by atoms with Crippen molar-refractivity contribution in [3.63, 3.8) is 0 Å². The van der Waals surface area contributed by atoms with Crippen LogP contribution in [0.3, 0.4) is 0 Å². The molecule has 1 nitrogen and oxygen atoms in total. The summed E-state index contributed by atoms with van der Waals surface area (Å²) in [5.41, 5.74) is 0.764. The molecule has 1 aliphatic carbocycles. The predicted octanol–water partition coefficient (Wildman–Crippen LogP) is 3.30. The first-order valence-corrected chi connectivity index (χ1v) is 6.42. The molecule has 2 fully saturated rings. The summed E-state index contributed by atoms with van der Waals surface area (Å²) < 4.78 is 0. The molecule has 2 rings (SSSR count). The normalized spacial score (nSPS) is 38.1. The Morgan fingerprint density at radius 1 is 1.36 bits per heavy atom. The fourth-order valence-corrected chi connectivity index (χ4v) is 3.46. The second-order valence-electron chi connectivity index (χ2n) is 5.70. The maximum absolute atomic E-state index is 2.68. The molecule has 1 heteroatoms. The average Bonchev–Trinajstić information content (AvgIpc) is 2.59. The van der Waals surface area contributed by atoms with E-state index in [9.17, 15) is 0 Å². The molecule has 1 aliphatic heterocycles. The van der Waals surface area contributed by atoms with Gasteiger partial charge in [0, 0.05) is 12.6 Å². The van der Waals surface area contributed by atoms with E-state index in [-0.39, 0.29) is 0 Å². The minimum Gasteiger partial charge on any atom is -0.300 e. The lowest BCUT2D eigenvalue weighted by molar-refractivity contribution is 0.0290. The summed E-state index contributed by atoms with van der Waals surface area (Å²) in [6.07, 6.45) is 7.37. The lowest BCUT2D eigenvalue weighted by Gasteiger charge is -2.48. The fourth-order valence-electron chi connectivity index (χ4n) is 3.46. The molecule has 1 saturated heterocycles. The summed E-state index contributed by atoms with van der Waals surface area (Å²) in [6.45, 7) is 9.77. The average molecular weight is 195 g/mol. The van der Waals surface area contributed by atoms with Crippen LogP contribution in [-0.2, 0) is 0 Å². The van der Waals surface area contributed by atoms with Gasteiger partial charge in [-0.15, -0.1) is 0 Å². The molecule has 1 saturated carbocycles. The largest absolute Gasteiger partial charge is 0.300 e. The van der Waals surface area contributed by atoms with Gasteiger partial charge in [-0.25, -0.2) is 0 Å². The number of nitrogens with zero attached hydrogens (tertiary/aromatic N) is 1. The lowest BCUT2D eigenvalue weighted by atomic mass is 9.58. The van der Waals surface area contributed by atoms with Gasteiger partial charge < -0.3 is 4.90 Å². The van der Waals surface area contributed by atoms with E-state index in [1.54, 1.807) is 0 Å². The topological polar surface area (TPSA) is 3.24 Å². The van der Waals surface area contributed by atoms with Gasteiger partial charge >= 0.3 is 0 Å². The SMILES string of the molecule is CCCC1CCC12CCN(C(C)C)C2. The number of rotatable bonds is 3. The first-order valence-electron chi connectivity index (χ1n) is 6.42. The van der Waals surface area contributed by atoms with E-state index in [0.717, 1.165) is 17.4 Å². The molecule has 2 aliphatic rings. The molecule has 0 aromatic carbocycles. The zero-order valence-corrected chi connectivity index (χ0v) is 10.1. The van der Waals surface area contributed by atoms with Crippen LogP contribution in [0.1, 0.15) is 52.9 Å². The van der Waals surface area contributed by atoms with Crippen molar-refractivity contribution < 1.29 is 0 Å². The number of hydrogen-bond donors (Lipinski definition) is 0. The molecule has 1 spiro atoms. The van der Waals surface area contributed by atoms with E-state index in [4.69, 9.17) is 0 Å². The lowest BCUT2D eigenvalue weighted by Crippen LogP contribution is -2.43. The number of likely N-dealkylation sites (tertiary alicyclic amines) is 1. The van der Waals surface area contributed by atoms with Crippen LogP contribution in [0.25, 0.3) is 0 Å². The Kier molecular flexibility index (Phi) is 2.88. The van der Waals surface area contributed by atoms with E-state index in [1.807, 2.05) is 0 Å². The first kappa shape index (κ1) is 10.5. The van der Waals surface area contributed by atoms with E-state index in [2.05, 4.69) is 25.7 Å². The fraction of sp³-hybridized carbons (Fsp3) is 1.00. The van der Waals surface area contributed by atoms with Crippen LogP contribution in [0.4, 0.5) is 0 Å². The smallest absolute Gasteiger partial charge is 0.00438 e. The summed E-state index contributed by atoms with van der Waals surface area (Å²) in [7, 11) is 0. The Bertz CT molecular complexity index is 199. The molecule has 14 heavy (non-hydrogen) atoms. The molecule has 0 aromatic rings. The van der Waals surface area contributed by atoms with Crippen molar-refractivity contribution in [2.45, 2.75) is 58.9 Å². The minimum atomic E-state index is 0.761. The van der Waals surface area contributed by atoms with Crippen LogP contribution >= 0.6 is 0 Å². The van der Waals surface area contributed by atoms with Crippen LogP contribution in [0, 0.1) is 11.3 Å². The Labute approximate surface area is 88.9 Å². The highest BCUT2D eigenvalue weighted by atomic mass is 15.2. The molecule has 2 atom stereocenters. The highest BCUT2D eigenvalue weighted by Gasteiger charge is 2.49. The van der Waals surface area contributed by atoms with Crippen LogP contribution in [-0.4, -0.2) is 24.0 Å². The van der Waals surface area contributed by atoms with Gasteiger partial charge in [0.05, 0.1) is 0 Å². The molecular formula is C13H25N. The van der Waals surface area contributed by atoms with Gasteiger partial charge in [0.25, 0.3) is 0 Å². The zero-order chi connectivity index (χ0) is 10.2. The van der Waals surface area contributed by atoms with E-state index in [0.29, 0.717) is 0 Å². The molecule has 0 N–H and O–H groups in total. The minimum absolute atomic E-state index is 0.761. The van der Waals surface area contributed by atoms with Crippen molar-refractivity contribution >= 4 is 0 Å². The first-order chi connectivity index (χ1) is 6.68. The van der Waals surface area contributed by atoms with Crippen LogP contribution in [0.5, 0.6) is 0 Å². The second-order valence-corrected chi connectivity index (χ2v) is 5.70. The van der Waals surface area contributed by atoms with Crippen molar-refractivity contribution in [2.24, 2.45) is 11.3 Å². The van der Waals surface area contributed by atoms with Gasteiger partial charge in [-0.05, 0) is 51.0 Å². The van der Waals surface area contributed by atoms with Crippen molar-refractivity contribution in [3.05, 3.63) is 0 Å². The van der Waals surface area contributed by atoms with Crippen molar-refractivity contribution in [2.75, 3.05) is 13.1 Å². The summed E-state index contributed by atoms with van der Waals surface area (Å²) in [5, 5.41) is 0. The second kappa shape index (κ2) is 3.84. The Hall–Kier alpha value is -0.0400. The summed E-state index contributed by atoms with van der Waals surface area (Å²) in [4.78, 5) is 2.68. The maximum atomic E-state index is 2.68. The third-order valence-electron chi connectivity index (χ3n) is 4.64. The van der Waals surface area contributed by atoms with Gasteiger partial charge in [-0.1, -0.05) is 19.8 Å². The Morgan fingerprint density at radius 2 is 2.14 bits per heavy atom. The molecule has 0 bridgehead atoms. The molecule has 2 unspecified atom stereocenters. The van der Waals surface area contributed by atoms with E-state index < -0.39 is 0 Å². The molecule has 82 valence electrons. The third-order valence-corrected chi connectivity index (χ3v) is 4.64. The maximum Gasteiger partial charge on any atom is 0.00438 e. The van der Waals surface area contributed by atoms with Crippen molar-refractivity contribution in [3.8, 4) is 0 Å². The highest BCUT2D eigenvalue weighted by molar-refractivity contribution is 5.01. The molecule has 0 aromatic heterocycles. The Morgan fingerprint density at radius 3 is 2.57 bits per heavy atom. The predicted molar refractivity (Wildman–Crippen MR) is 61.4 cm³/mol. The van der Waals surface area contributed by atoms with E-state index >= 15 is 0 Å². The van der Waals surface area contributed by atoms with Gasteiger partial charge in [0.15, 0.2) is 0 Å². The van der Waals surface area contributed by atoms with E-state index in [1.165, 1.54) is 45.2 Å². The number of hydrogen-bond acceptors (Lipinski definition) is 1. The summed E-state index contributed by atoms with van der Waals surface area (Å²) >= 11 is 0. The quantitative estimate of drug-likeness (QED) is 0.668. The highest BCUT2D eigenvalue weighted by Crippen LogP contribution is 2.54. The molecule has 0 radical (unpaired) electrons. The molecular weight excluding hydrogens is 170 g/mol. The summed E-state index contributed by atoms with van der Waals surface area (Å²) in [5.74, 6) is 1.07. The Balaban J connectivity index is 1.93. The standard InChI is InChI=1S/C13H25N/c1-4-5-12-6-7-13(12)8-9-14(10-13)11(2)3/h11-12H,4-10H2,1-3H3. The zero-order valence-electron chi connectivity index (χ0n) is 10.1. The molecule has 0 amide bonds. The van der Waals surface area contributed by atoms with Gasteiger partial charge in [0.2, 0.25) is 0 Å².